The topological polar surface area (TPSA) is 133 Å². The molecule has 168 valence electrons. The molecular weight excluding hydrogens is 421 g/mol. The maximum atomic E-state index is 12.2. The zero-order valence-electron chi connectivity index (χ0n) is 18.1. The molecule has 9 nitrogen and oxygen atoms in total. The van der Waals surface area contributed by atoms with Gasteiger partial charge in [-0.05, 0) is 35.6 Å². The highest BCUT2D eigenvalue weighted by atomic mass is 16.5. The van der Waals surface area contributed by atoms with Gasteiger partial charge in [-0.15, -0.1) is 0 Å². The molecule has 3 N–H and O–H groups in total. The molecule has 1 amide bonds. The molecule has 0 unspecified atom stereocenters. The van der Waals surface area contributed by atoms with Gasteiger partial charge in [0.2, 0.25) is 0 Å². The fourth-order valence-corrected chi connectivity index (χ4v) is 3.28. The Hall–Kier alpha value is -3.94. The fourth-order valence-electron chi connectivity index (χ4n) is 3.28. The zero-order chi connectivity index (χ0) is 23.6. The van der Waals surface area contributed by atoms with Crippen LogP contribution in [0.1, 0.15) is 23.6 Å². The van der Waals surface area contributed by atoms with Crippen molar-refractivity contribution in [2.75, 3.05) is 6.61 Å². The third kappa shape index (κ3) is 6.77. The van der Waals surface area contributed by atoms with Crippen LogP contribution in [0.4, 0.5) is 4.79 Å². The third-order valence-corrected chi connectivity index (χ3v) is 5.05. The molecule has 1 aromatic heterocycles. The van der Waals surface area contributed by atoms with Gasteiger partial charge in [-0.2, -0.15) is 10.4 Å². The van der Waals surface area contributed by atoms with E-state index in [2.05, 4.69) is 21.5 Å². The van der Waals surface area contributed by atoms with Crippen LogP contribution in [0.25, 0.3) is 11.3 Å². The first-order chi connectivity index (χ1) is 16.0. The van der Waals surface area contributed by atoms with Gasteiger partial charge < -0.3 is 20.1 Å². The number of hydrogen-bond donors (Lipinski definition) is 3. The van der Waals surface area contributed by atoms with E-state index >= 15 is 0 Å². The molecule has 0 saturated carbocycles. The minimum absolute atomic E-state index is 0.103. The van der Waals surface area contributed by atoms with Crippen LogP contribution in [-0.4, -0.2) is 50.6 Å². The monoisotopic (exact) mass is 445 g/mol. The molecule has 0 aliphatic heterocycles. The lowest BCUT2D eigenvalue weighted by atomic mass is 9.76. The smallest absolute Gasteiger partial charge is 0.449 e. The number of carbonyl (C=O) groups is 1. The minimum Gasteiger partial charge on any atom is -0.449 e. The summed E-state index contributed by atoms with van der Waals surface area (Å²) in [6.07, 6.45) is 2.81. The van der Waals surface area contributed by atoms with E-state index in [4.69, 9.17) is 4.74 Å². The Bertz CT molecular complexity index is 1130. The average molecular weight is 445 g/mol. The molecule has 0 bridgehead atoms. The van der Waals surface area contributed by atoms with E-state index in [9.17, 15) is 20.1 Å². The first-order valence-corrected chi connectivity index (χ1v) is 10.4. The predicted molar refractivity (Wildman–Crippen MR) is 123 cm³/mol. The third-order valence-electron chi connectivity index (χ3n) is 5.05. The lowest BCUT2D eigenvalue weighted by molar-refractivity contribution is 0.144. The van der Waals surface area contributed by atoms with E-state index < -0.39 is 19.2 Å². The molecule has 1 atom stereocenters. The number of nitrogens with one attached hydrogen (secondary N) is 1. The van der Waals surface area contributed by atoms with Crippen molar-refractivity contribution in [1.29, 1.82) is 5.26 Å². The van der Waals surface area contributed by atoms with Gasteiger partial charge in [0.15, 0.2) is 0 Å². The second-order valence-electron chi connectivity index (χ2n) is 7.37. The molecule has 1 heterocycles. The highest BCUT2D eigenvalue weighted by molar-refractivity contribution is 6.43. The van der Waals surface area contributed by atoms with Crippen LogP contribution >= 0.6 is 0 Å². The van der Waals surface area contributed by atoms with Gasteiger partial charge in [0.05, 0.1) is 12.5 Å². The molecule has 0 aliphatic carbocycles. The normalized spacial score (nSPS) is 12.3. The average Bonchev–Trinajstić information content (AvgIpc) is 3.34. The number of aromatic nitrogens is 3. The number of rotatable bonds is 9. The quantitative estimate of drug-likeness (QED) is 0.339. The fraction of sp³-hybridized carbons (Fsp3) is 0.217. The number of nitriles is 1. The van der Waals surface area contributed by atoms with Crippen LogP contribution in [0, 0.1) is 11.3 Å². The summed E-state index contributed by atoms with van der Waals surface area (Å²) in [7, 11) is -1.72. The molecule has 0 aliphatic rings. The van der Waals surface area contributed by atoms with E-state index in [0.29, 0.717) is 12.1 Å². The molecule has 0 radical (unpaired) electrons. The van der Waals surface area contributed by atoms with Crippen LogP contribution in [-0.2, 0) is 17.6 Å². The van der Waals surface area contributed by atoms with Crippen LogP contribution in [0.5, 0.6) is 0 Å². The molecule has 33 heavy (non-hydrogen) atoms. The standard InChI is InChI=1S/C23H24BN5O4/c1-17(21(14-25)29-16-26-15-27-29)20-9-5-8-19(12-20)10-11-33-23(30)28-22(24(31)32)13-18-6-3-2-4-7-18/h2-9,12,15-16,22,31-32H,10-11,13H2,1H3,(H,28,30)/b21-17+/t22-/m0/s1. The molecule has 0 fully saturated rings. The molecule has 0 spiro atoms. The van der Waals surface area contributed by atoms with Crippen LogP contribution < -0.4 is 5.32 Å². The van der Waals surface area contributed by atoms with Crippen molar-refractivity contribution in [2.45, 2.75) is 25.7 Å². The molecule has 10 heteroatoms. The van der Waals surface area contributed by atoms with Gasteiger partial charge in [0.25, 0.3) is 0 Å². The predicted octanol–water partition coefficient (Wildman–Crippen LogP) is 2.08. The van der Waals surface area contributed by atoms with E-state index in [0.717, 1.165) is 22.3 Å². The molecule has 2 aromatic carbocycles. The summed E-state index contributed by atoms with van der Waals surface area (Å²) in [5, 5.41) is 35.2. The van der Waals surface area contributed by atoms with Gasteiger partial charge in [-0.1, -0.05) is 54.6 Å². The van der Waals surface area contributed by atoms with Gasteiger partial charge in [0.1, 0.15) is 24.4 Å². The summed E-state index contributed by atoms with van der Waals surface area (Å²) in [5.41, 5.74) is 3.73. The molecule has 3 rings (SSSR count). The van der Waals surface area contributed by atoms with Crippen LogP contribution in [0.15, 0.2) is 67.3 Å². The summed E-state index contributed by atoms with van der Waals surface area (Å²) in [6, 6.07) is 18.9. The Balaban J connectivity index is 1.57. The summed E-state index contributed by atoms with van der Waals surface area (Å²) in [5.74, 6) is -0.891. The van der Waals surface area contributed by atoms with E-state index in [1.807, 2.05) is 61.5 Å². The van der Waals surface area contributed by atoms with E-state index in [-0.39, 0.29) is 13.0 Å². The maximum absolute atomic E-state index is 12.2. The molecule has 3 aromatic rings. The highest BCUT2D eigenvalue weighted by Crippen LogP contribution is 2.21. The van der Waals surface area contributed by atoms with Crippen molar-refractivity contribution < 1.29 is 19.6 Å². The van der Waals surface area contributed by atoms with Crippen molar-refractivity contribution in [2.24, 2.45) is 0 Å². The number of benzene rings is 2. The van der Waals surface area contributed by atoms with E-state index in [1.54, 1.807) is 0 Å². The van der Waals surface area contributed by atoms with Gasteiger partial charge in [-0.3, -0.25) is 0 Å². The SMILES string of the molecule is C/C(=C(/C#N)n1cncn1)c1cccc(CCOC(=O)N[C@@H](Cc2ccccc2)B(O)O)c1. The van der Waals surface area contributed by atoms with Crippen molar-refractivity contribution in [3.63, 3.8) is 0 Å². The minimum atomic E-state index is -1.72. The highest BCUT2D eigenvalue weighted by Gasteiger charge is 2.26. The Morgan fingerprint density at radius 2 is 1.97 bits per heavy atom. The van der Waals surface area contributed by atoms with Crippen LogP contribution in [0.2, 0.25) is 0 Å². The number of hydrogen-bond acceptors (Lipinski definition) is 7. The Kier molecular flexibility index (Phi) is 8.35. The number of alkyl carbamates (subject to hydrolysis) is 1. The summed E-state index contributed by atoms with van der Waals surface area (Å²) >= 11 is 0. The number of ether oxygens (including phenoxy) is 1. The van der Waals surface area contributed by atoms with Gasteiger partial charge in [0, 0.05) is 6.42 Å². The Labute approximate surface area is 192 Å². The second kappa shape index (κ2) is 11.6. The lowest BCUT2D eigenvalue weighted by Crippen LogP contribution is -2.48. The number of carbonyl (C=O) groups excluding carboxylic acids is 1. The summed E-state index contributed by atoms with van der Waals surface area (Å²) < 4.78 is 6.65. The summed E-state index contributed by atoms with van der Waals surface area (Å²) in [4.78, 5) is 16.0. The number of allylic oxidation sites excluding steroid dienone is 2. The molecule has 0 saturated heterocycles. The second-order valence-corrected chi connectivity index (χ2v) is 7.37. The maximum Gasteiger partial charge on any atom is 0.475 e. The Morgan fingerprint density at radius 1 is 1.21 bits per heavy atom. The van der Waals surface area contributed by atoms with Gasteiger partial charge >= 0.3 is 13.2 Å². The zero-order valence-corrected chi connectivity index (χ0v) is 18.1. The largest absolute Gasteiger partial charge is 0.475 e. The van der Waals surface area contributed by atoms with E-state index in [1.165, 1.54) is 17.3 Å². The summed E-state index contributed by atoms with van der Waals surface area (Å²) in [6.45, 7) is 1.93. The molecular formula is C23H24BN5O4. The van der Waals surface area contributed by atoms with Crippen molar-refractivity contribution in [3.05, 3.63) is 83.9 Å². The van der Waals surface area contributed by atoms with Crippen LogP contribution in [0.3, 0.4) is 0 Å². The van der Waals surface area contributed by atoms with Crippen molar-refractivity contribution in [3.8, 4) is 6.07 Å². The first-order valence-electron chi connectivity index (χ1n) is 10.4. The van der Waals surface area contributed by atoms with Crippen molar-refractivity contribution >= 4 is 24.5 Å². The van der Waals surface area contributed by atoms with Gasteiger partial charge in [-0.25, -0.2) is 14.5 Å². The Morgan fingerprint density at radius 3 is 2.64 bits per heavy atom. The first kappa shape index (κ1) is 23.7. The number of nitrogens with zero attached hydrogens (tertiary/aromatic N) is 4. The van der Waals surface area contributed by atoms with Crippen molar-refractivity contribution in [1.82, 2.24) is 20.1 Å². The lowest BCUT2D eigenvalue weighted by Gasteiger charge is -2.17. The number of amides is 1.